The van der Waals surface area contributed by atoms with Crippen molar-refractivity contribution in [2.24, 2.45) is 5.92 Å². The molecule has 30 heavy (non-hydrogen) atoms. The van der Waals surface area contributed by atoms with E-state index in [4.69, 9.17) is 0 Å². The SMILES string of the molecule is O=C(NC[C@@H]1CCCN(C(=O)c2ccc(F)c(F)c2)C1)c1cccc2ccccc12. The minimum Gasteiger partial charge on any atom is -0.352 e. The molecular weight excluding hydrogens is 386 g/mol. The molecule has 0 aromatic heterocycles. The summed E-state index contributed by atoms with van der Waals surface area (Å²) in [7, 11) is 0. The molecule has 1 saturated heterocycles. The Morgan fingerprint density at radius 1 is 1.00 bits per heavy atom. The van der Waals surface area contributed by atoms with Gasteiger partial charge in [-0.05, 0) is 53.8 Å². The molecule has 1 N–H and O–H groups in total. The molecule has 1 aliphatic rings. The number of hydrogen-bond donors (Lipinski definition) is 1. The van der Waals surface area contributed by atoms with E-state index in [9.17, 15) is 18.4 Å². The van der Waals surface area contributed by atoms with Crippen LogP contribution in [0.1, 0.15) is 33.6 Å². The molecule has 4 rings (SSSR count). The molecule has 4 nitrogen and oxygen atoms in total. The number of piperidine rings is 1. The number of benzene rings is 3. The maximum Gasteiger partial charge on any atom is 0.253 e. The van der Waals surface area contributed by atoms with Gasteiger partial charge in [0.05, 0.1) is 0 Å². The number of amides is 2. The highest BCUT2D eigenvalue weighted by atomic mass is 19.2. The third kappa shape index (κ3) is 4.17. The van der Waals surface area contributed by atoms with Crippen molar-refractivity contribution in [3.05, 3.63) is 83.4 Å². The van der Waals surface area contributed by atoms with Crippen molar-refractivity contribution in [1.82, 2.24) is 10.2 Å². The molecule has 154 valence electrons. The molecule has 0 aliphatic carbocycles. The molecule has 1 heterocycles. The number of halogens is 2. The molecule has 0 spiro atoms. The highest BCUT2D eigenvalue weighted by molar-refractivity contribution is 6.07. The van der Waals surface area contributed by atoms with E-state index >= 15 is 0 Å². The first-order valence-electron chi connectivity index (χ1n) is 10.0. The summed E-state index contributed by atoms with van der Waals surface area (Å²) < 4.78 is 26.6. The van der Waals surface area contributed by atoms with E-state index in [1.807, 2.05) is 36.4 Å². The fourth-order valence-electron chi connectivity index (χ4n) is 3.98. The van der Waals surface area contributed by atoms with Crippen LogP contribution in [0.3, 0.4) is 0 Å². The molecule has 3 aromatic carbocycles. The van der Waals surface area contributed by atoms with Gasteiger partial charge in [0.25, 0.3) is 11.8 Å². The second kappa shape index (κ2) is 8.61. The fraction of sp³-hybridized carbons (Fsp3) is 0.250. The topological polar surface area (TPSA) is 49.4 Å². The van der Waals surface area contributed by atoms with Gasteiger partial charge in [-0.2, -0.15) is 0 Å². The van der Waals surface area contributed by atoms with Gasteiger partial charge < -0.3 is 10.2 Å². The van der Waals surface area contributed by atoms with Gasteiger partial charge in [-0.1, -0.05) is 36.4 Å². The van der Waals surface area contributed by atoms with Crippen molar-refractivity contribution in [3.8, 4) is 0 Å². The van der Waals surface area contributed by atoms with Gasteiger partial charge in [0.1, 0.15) is 0 Å². The van der Waals surface area contributed by atoms with Crippen molar-refractivity contribution in [2.75, 3.05) is 19.6 Å². The standard InChI is InChI=1S/C24H22F2N2O2/c25-21-11-10-18(13-22(21)26)24(30)28-12-4-5-16(15-28)14-27-23(29)20-9-3-7-17-6-1-2-8-19(17)20/h1-3,6-11,13,16H,4-5,12,14-15H2,(H,27,29)/t16-/m0/s1. The third-order valence-electron chi connectivity index (χ3n) is 5.56. The summed E-state index contributed by atoms with van der Waals surface area (Å²) in [6.45, 7) is 1.48. The second-order valence-electron chi connectivity index (χ2n) is 7.63. The monoisotopic (exact) mass is 408 g/mol. The molecule has 0 radical (unpaired) electrons. The maximum atomic E-state index is 13.5. The van der Waals surface area contributed by atoms with Crippen molar-refractivity contribution in [1.29, 1.82) is 0 Å². The van der Waals surface area contributed by atoms with E-state index in [2.05, 4.69) is 5.32 Å². The minimum absolute atomic E-state index is 0.104. The molecule has 1 atom stereocenters. The zero-order valence-corrected chi connectivity index (χ0v) is 16.4. The van der Waals surface area contributed by atoms with E-state index in [0.29, 0.717) is 25.2 Å². The van der Waals surface area contributed by atoms with Crippen LogP contribution in [0.2, 0.25) is 0 Å². The summed E-state index contributed by atoms with van der Waals surface area (Å²) in [6, 6.07) is 16.6. The van der Waals surface area contributed by atoms with Crippen molar-refractivity contribution >= 4 is 22.6 Å². The Labute approximate surface area is 173 Å². The van der Waals surface area contributed by atoms with Crippen LogP contribution in [0.15, 0.2) is 60.7 Å². The number of rotatable bonds is 4. The number of fused-ring (bicyclic) bond motifs is 1. The average Bonchev–Trinajstić information content (AvgIpc) is 2.78. The predicted molar refractivity (Wildman–Crippen MR) is 111 cm³/mol. The molecule has 0 unspecified atom stereocenters. The Balaban J connectivity index is 1.40. The molecule has 6 heteroatoms. The van der Waals surface area contributed by atoms with Gasteiger partial charge in [-0.25, -0.2) is 8.78 Å². The number of carbonyl (C=O) groups is 2. The number of hydrogen-bond acceptors (Lipinski definition) is 2. The van der Waals surface area contributed by atoms with E-state index in [1.165, 1.54) is 6.07 Å². The van der Waals surface area contributed by atoms with E-state index in [-0.39, 0.29) is 23.3 Å². The highest BCUT2D eigenvalue weighted by Gasteiger charge is 2.25. The minimum atomic E-state index is -1.03. The Kier molecular flexibility index (Phi) is 5.74. The number of likely N-dealkylation sites (tertiary alicyclic amines) is 1. The summed E-state index contributed by atoms with van der Waals surface area (Å²) in [5, 5.41) is 4.90. The lowest BCUT2D eigenvalue weighted by molar-refractivity contribution is 0.0670. The number of nitrogens with one attached hydrogen (secondary N) is 1. The molecule has 3 aromatic rings. The smallest absolute Gasteiger partial charge is 0.253 e. The Bertz CT molecular complexity index is 1090. The van der Waals surface area contributed by atoms with Crippen LogP contribution in [0, 0.1) is 17.6 Å². The van der Waals surface area contributed by atoms with Gasteiger partial charge in [0.15, 0.2) is 11.6 Å². The van der Waals surface area contributed by atoms with Crippen molar-refractivity contribution in [3.63, 3.8) is 0 Å². The molecule has 0 saturated carbocycles. The van der Waals surface area contributed by atoms with Crippen molar-refractivity contribution < 1.29 is 18.4 Å². The summed E-state index contributed by atoms with van der Waals surface area (Å²) in [5.41, 5.74) is 0.757. The Hall–Kier alpha value is -3.28. The zero-order valence-electron chi connectivity index (χ0n) is 16.4. The first-order valence-corrected chi connectivity index (χ1v) is 10.0. The first-order chi connectivity index (χ1) is 14.5. The van der Waals surface area contributed by atoms with Gasteiger partial charge in [0.2, 0.25) is 0 Å². The second-order valence-corrected chi connectivity index (χ2v) is 7.63. The third-order valence-corrected chi connectivity index (χ3v) is 5.56. The molecular formula is C24H22F2N2O2. The Morgan fingerprint density at radius 2 is 1.80 bits per heavy atom. The summed E-state index contributed by atoms with van der Waals surface area (Å²) in [4.78, 5) is 27.0. The lowest BCUT2D eigenvalue weighted by atomic mass is 9.97. The Morgan fingerprint density at radius 3 is 2.63 bits per heavy atom. The van der Waals surface area contributed by atoms with Crippen molar-refractivity contribution in [2.45, 2.75) is 12.8 Å². The molecule has 1 fully saturated rings. The van der Waals surface area contributed by atoms with Crippen LogP contribution in [0.5, 0.6) is 0 Å². The average molecular weight is 408 g/mol. The first kappa shape index (κ1) is 20.0. The lowest BCUT2D eigenvalue weighted by Crippen LogP contribution is -2.43. The zero-order chi connectivity index (χ0) is 21.1. The number of nitrogens with zero attached hydrogens (tertiary/aromatic N) is 1. The van der Waals surface area contributed by atoms with Crippen LogP contribution in [-0.2, 0) is 0 Å². The van der Waals surface area contributed by atoms with Crippen LogP contribution in [-0.4, -0.2) is 36.3 Å². The summed E-state index contributed by atoms with van der Waals surface area (Å²) in [6.07, 6.45) is 1.68. The molecule has 0 bridgehead atoms. The van der Waals surface area contributed by atoms with Gasteiger partial charge in [-0.15, -0.1) is 0 Å². The highest BCUT2D eigenvalue weighted by Crippen LogP contribution is 2.21. The molecule has 2 amide bonds. The van der Waals surface area contributed by atoms with E-state index in [1.54, 1.807) is 11.0 Å². The van der Waals surface area contributed by atoms with Crippen LogP contribution < -0.4 is 5.32 Å². The van der Waals surface area contributed by atoms with Crippen LogP contribution in [0.25, 0.3) is 10.8 Å². The number of carbonyl (C=O) groups excluding carboxylic acids is 2. The lowest BCUT2D eigenvalue weighted by Gasteiger charge is -2.33. The van der Waals surface area contributed by atoms with Gasteiger partial charge >= 0.3 is 0 Å². The largest absolute Gasteiger partial charge is 0.352 e. The fourth-order valence-corrected chi connectivity index (χ4v) is 3.98. The summed E-state index contributed by atoms with van der Waals surface area (Å²) >= 11 is 0. The van der Waals surface area contributed by atoms with Crippen LogP contribution >= 0.6 is 0 Å². The van der Waals surface area contributed by atoms with Gasteiger partial charge in [-0.3, -0.25) is 9.59 Å². The predicted octanol–water partition coefficient (Wildman–Crippen LogP) is 4.40. The van der Waals surface area contributed by atoms with Gasteiger partial charge in [0, 0.05) is 30.8 Å². The van der Waals surface area contributed by atoms with Crippen LogP contribution in [0.4, 0.5) is 8.78 Å². The van der Waals surface area contributed by atoms with E-state index < -0.39 is 11.6 Å². The summed E-state index contributed by atoms with van der Waals surface area (Å²) in [5.74, 6) is -2.36. The van der Waals surface area contributed by atoms with E-state index in [0.717, 1.165) is 35.7 Å². The quantitative estimate of drug-likeness (QED) is 0.696. The maximum absolute atomic E-state index is 13.5. The normalized spacial score (nSPS) is 16.5. The molecule has 1 aliphatic heterocycles.